The maximum Gasteiger partial charge on any atom is 0.410 e. The van der Waals surface area contributed by atoms with Gasteiger partial charge in [0.05, 0.1) is 11.7 Å². The van der Waals surface area contributed by atoms with Crippen LogP contribution >= 0.6 is 0 Å². The fraction of sp³-hybridized carbons (Fsp3) is 0.588. The van der Waals surface area contributed by atoms with Crippen LogP contribution in [0.4, 0.5) is 4.79 Å². The number of benzene rings is 1. The van der Waals surface area contributed by atoms with Gasteiger partial charge < -0.3 is 19.5 Å². The number of amides is 1. The van der Waals surface area contributed by atoms with E-state index in [0.29, 0.717) is 39.1 Å². The Balaban J connectivity index is 1.49. The third-order valence-corrected chi connectivity index (χ3v) is 4.69. The van der Waals surface area contributed by atoms with Crippen molar-refractivity contribution in [3.8, 4) is 0 Å². The summed E-state index contributed by atoms with van der Waals surface area (Å²) in [7, 11) is 0. The molecule has 1 aromatic rings. The molecule has 22 heavy (non-hydrogen) atoms. The third kappa shape index (κ3) is 3.25. The fourth-order valence-corrected chi connectivity index (χ4v) is 3.27. The van der Waals surface area contributed by atoms with Gasteiger partial charge in [0.1, 0.15) is 6.61 Å². The Morgan fingerprint density at radius 1 is 1.32 bits per heavy atom. The molecule has 0 radical (unpaired) electrons. The minimum absolute atomic E-state index is 0.288. The van der Waals surface area contributed by atoms with E-state index in [2.05, 4.69) is 0 Å². The quantitative estimate of drug-likeness (QED) is 0.911. The molecular weight excluding hydrogens is 282 g/mol. The summed E-state index contributed by atoms with van der Waals surface area (Å²) < 4.78 is 11.2. The van der Waals surface area contributed by atoms with Gasteiger partial charge in [0.25, 0.3) is 0 Å². The number of hydrogen-bond donors (Lipinski definition) is 1. The highest BCUT2D eigenvalue weighted by Gasteiger charge is 2.44. The smallest absolute Gasteiger partial charge is 0.410 e. The minimum atomic E-state index is -0.450. The molecule has 2 aliphatic rings. The van der Waals surface area contributed by atoms with E-state index in [9.17, 15) is 9.90 Å². The van der Waals surface area contributed by atoms with Crippen LogP contribution in [-0.2, 0) is 16.1 Å². The lowest BCUT2D eigenvalue weighted by molar-refractivity contribution is -0.174. The standard InChI is InChI=1S/C17H23NO4/c19-15-7-4-12-22-17(15)8-10-18(11-9-17)16(20)21-13-14-5-2-1-3-6-14/h1-3,5-6,15,19H,4,7-13H2/t15-/m1/s1. The number of hydrogen-bond acceptors (Lipinski definition) is 4. The molecule has 0 aromatic heterocycles. The van der Waals surface area contributed by atoms with Gasteiger partial charge in [-0.25, -0.2) is 4.79 Å². The van der Waals surface area contributed by atoms with Crippen LogP contribution in [-0.4, -0.2) is 47.5 Å². The number of piperidine rings is 1. The first-order valence-electron chi connectivity index (χ1n) is 7.97. The molecule has 1 N–H and O–H groups in total. The normalized spacial score (nSPS) is 24.2. The summed E-state index contributed by atoms with van der Waals surface area (Å²) in [4.78, 5) is 13.8. The lowest BCUT2D eigenvalue weighted by atomic mass is 9.82. The Kier molecular flexibility index (Phi) is 4.64. The SMILES string of the molecule is O=C(OCc1ccccc1)N1CCC2(CC1)OCCC[C@H]2O. The molecule has 2 heterocycles. The number of rotatable bonds is 2. The van der Waals surface area contributed by atoms with Gasteiger partial charge in [0.2, 0.25) is 0 Å². The third-order valence-electron chi connectivity index (χ3n) is 4.69. The average molecular weight is 305 g/mol. The van der Waals surface area contributed by atoms with Crippen molar-refractivity contribution in [1.82, 2.24) is 4.90 Å². The molecule has 5 nitrogen and oxygen atoms in total. The summed E-state index contributed by atoms with van der Waals surface area (Å²) in [5.74, 6) is 0. The molecule has 2 fully saturated rings. The zero-order chi connectivity index (χ0) is 15.4. The summed E-state index contributed by atoms with van der Waals surface area (Å²) in [6, 6.07) is 9.66. The summed E-state index contributed by atoms with van der Waals surface area (Å²) in [6.45, 7) is 2.14. The lowest BCUT2D eigenvalue weighted by Crippen LogP contribution is -2.56. The zero-order valence-electron chi connectivity index (χ0n) is 12.7. The molecule has 120 valence electrons. The topological polar surface area (TPSA) is 59.0 Å². The van der Waals surface area contributed by atoms with Crippen LogP contribution in [0.1, 0.15) is 31.2 Å². The van der Waals surface area contributed by atoms with Crippen LogP contribution in [0.5, 0.6) is 0 Å². The van der Waals surface area contributed by atoms with Crippen molar-refractivity contribution < 1.29 is 19.4 Å². The number of nitrogens with zero attached hydrogens (tertiary/aromatic N) is 1. The molecular formula is C17H23NO4. The van der Waals surface area contributed by atoms with Crippen LogP contribution in [0.15, 0.2) is 30.3 Å². The van der Waals surface area contributed by atoms with Crippen molar-refractivity contribution in [1.29, 1.82) is 0 Å². The molecule has 0 bridgehead atoms. The van der Waals surface area contributed by atoms with E-state index >= 15 is 0 Å². The summed E-state index contributed by atoms with van der Waals surface area (Å²) in [6.07, 6.45) is 2.35. The molecule has 1 atom stereocenters. The molecule has 1 aromatic carbocycles. The van der Waals surface area contributed by atoms with Crippen molar-refractivity contribution in [2.45, 2.75) is 44.0 Å². The maximum atomic E-state index is 12.1. The number of likely N-dealkylation sites (tertiary alicyclic amines) is 1. The predicted octanol–water partition coefficient (Wildman–Crippen LogP) is 2.33. The Hall–Kier alpha value is -1.59. The van der Waals surface area contributed by atoms with Gasteiger partial charge in [-0.15, -0.1) is 0 Å². The summed E-state index contributed by atoms with van der Waals surface area (Å²) in [5.41, 5.74) is 0.532. The summed E-state index contributed by atoms with van der Waals surface area (Å²) >= 11 is 0. The van der Waals surface area contributed by atoms with E-state index in [4.69, 9.17) is 9.47 Å². The van der Waals surface area contributed by atoms with Gasteiger partial charge in [0.15, 0.2) is 0 Å². The molecule has 0 saturated carbocycles. The van der Waals surface area contributed by atoms with E-state index in [1.165, 1.54) is 0 Å². The zero-order valence-corrected chi connectivity index (χ0v) is 12.7. The Morgan fingerprint density at radius 3 is 2.73 bits per heavy atom. The Labute approximate surface area is 130 Å². The number of carbonyl (C=O) groups is 1. The Morgan fingerprint density at radius 2 is 2.05 bits per heavy atom. The van der Waals surface area contributed by atoms with Crippen LogP contribution in [0.2, 0.25) is 0 Å². The van der Waals surface area contributed by atoms with Gasteiger partial charge in [-0.2, -0.15) is 0 Å². The highest BCUT2D eigenvalue weighted by Crippen LogP contribution is 2.35. The number of aliphatic hydroxyl groups is 1. The van der Waals surface area contributed by atoms with Crippen molar-refractivity contribution >= 4 is 6.09 Å². The second kappa shape index (κ2) is 6.67. The van der Waals surface area contributed by atoms with Crippen LogP contribution in [0.25, 0.3) is 0 Å². The highest BCUT2D eigenvalue weighted by molar-refractivity contribution is 5.67. The van der Waals surface area contributed by atoms with Crippen molar-refractivity contribution in [2.75, 3.05) is 19.7 Å². The van der Waals surface area contributed by atoms with Crippen molar-refractivity contribution in [3.05, 3.63) is 35.9 Å². The first kappa shape index (κ1) is 15.3. The van der Waals surface area contributed by atoms with Crippen LogP contribution < -0.4 is 0 Å². The van der Waals surface area contributed by atoms with Gasteiger partial charge in [0, 0.05) is 19.7 Å². The number of ether oxygens (including phenoxy) is 2. The second-order valence-corrected chi connectivity index (χ2v) is 6.10. The molecule has 5 heteroatoms. The molecule has 2 saturated heterocycles. The average Bonchev–Trinajstić information content (AvgIpc) is 2.57. The fourth-order valence-electron chi connectivity index (χ4n) is 3.27. The van der Waals surface area contributed by atoms with Crippen molar-refractivity contribution in [2.24, 2.45) is 0 Å². The van der Waals surface area contributed by atoms with E-state index in [1.54, 1.807) is 4.90 Å². The van der Waals surface area contributed by atoms with E-state index in [-0.39, 0.29) is 6.09 Å². The van der Waals surface area contributed by atoms with Crippen LogP contribution in [0, 0.1) is 0 Å². The van der Waals surface area contributed by atoms with E-state index < -0.39 is 11.7 Å². The highest BCUT2D eigenvalue weighted by atomic mass is 16.6. The van der Waals surface area contributed by atoms with Gasteiger partial charge in [-0.1, -0.05) is 30.3 Å². The summed E-state index contributed by atoms with van der Waals surface area (Å²) in [5, 5.41) is 10.2. The van der Waals surface area contributed by atoms with E-state index in [1.807, 2.05) is 30.3 Å². The Bertz CT molecular complexity index is 497. The van der Waals surface area contributed by atoms with Gasteiger partial charge in [-0.05, 0) is 31.2 Å². The monoisotopic (exact) mass is 305 g/mol. The van der Waals surface area contributed by atoms with Crippen molar-refractivity contribution in [3.63, 3.8) is 0 Å². The number of aliphatic hydroxyl groups excluding tert-OH is 1. The van der Waals surface area contributed by atoms with Gasteiger partial charge >= 0.3 is 6.09 Å². The van der Waals surface area contributed by atoms with E-state index in [0.717, 1.165) is 18.4 Å². The lowest BCUT2D eigenvalue weighted by Gasteiger charge is -2.46. The maximum absolute atomic E-state index is 12.1. The molecule has 1 amide bonds. The first-order valence-corrected chi connectivity index (χ1v) is 7.97. The molecule has 0 unspecified atom stereocenters. The minimum Gasteiger partial charge on any atom is -0.445 e. The molecule has 1 spiro atoms. The molecule has 3 rings (SSSR count). The van der Waals surface area contributed by atoms with Crippen LogP contribution in [0.3, 0.4) is 0 Å². The number of carbonyl (C=O) groups excluding carboxylic acids is 1. The largest absolute Gasteiger partial charge is 0.445 e. The van der Waals surface area contributed by atoms with Gasteiger partial charge in [-0.3, -0.25) is 0 Å². The second-order valence-electron chi connectivity index (χ2n) is 6.10. The predicted molar refractivity (Wildman–Crippen MR) is 81.4 cm³/mol. The first-order chi connectivity index (χ1) is 10.7. The molecule has 0 aliphatic carbocycles. The molecule has 2 aliphatic heterocycles.